The molecule has 0 spiro atoms. The molecule has 4 aromatic heterocycles. The van der Waals surface area contributed by atoms with Gasteiger partial charge in [0.25, 0.3) is 5.91 Å². The lowest BCUT2D eigenvalue weighted by atomic mass is 10.2. The van der Waals surface area contributed by atoms with E-state index in [0.717, 1.165) is 22.7 Å². The molecule has 0 radical (unpaired) electrons. The average molecular weight is 438 g/mol. The molecule has 0 aliphatic rings. The van der Waals surface area contributed by atoms with Gasteiger partial charge in [-0.3, -0.25) is 4.79 Å². The van der Waals surface area contributed by atoms with Crippen molar-refractivity contribution < 1.29 is 9.53 Å². The first-order valence-corrected chi connectivity index (χ1v) is 10.5. The minimum absolute atomic E-state index is 0.159. The summed E-state index contributed by atoms with van der Waals surface area (Å²) in [4.78, 5) is 21.4. The van der Waals surface area contributed by atoms with Crippen LogP contribution in [-0.4, -0.2) is 30.1 Å². The summed E-state index contributed by atoms with van der Waals surface area (Å²) in [5.74, 6) is 1.25. The zero-order valence-corrected chi connectivity index (χ0v) is 18.0. The van der Waals surface area contributed by atoms with Crippen LogP contribution < -0.4 is 10.1 Å². The monoisotopic (exact) mass is 438 g/mol. The first-order valence-electron chi connectivity index (χ1n) is 10.5. The number of imidazole rings is 1. The quantitative estimate of drug-likeness (QED) is 0.418. The van der Waals surface area contributed by atoms with E-state index in [1.807, 2.05) is 60.2 Å². The summed E-state index contributed by atoms with van der Waals surface area (Å²) in [7, 11) is 0. The van der Waals surface area contributed by atoms with E-state index < -0.39 is 0 Å². The molecule has 0 unspecified atom stereocenters. The van der Waals surface area contributed by atoms with Crippen LogP contribution in [0.15, 0.2) is 85.6 Å². The fraction of sp³-hybridized carbons (Fsp3) is 0.120. The molecule has 0 saturated heterocycles. The Bertz CT molecular complexity index is 1370. The molecular formula is C25H22N6O2. The maximum atomic E-state index is 12.5. The van der Waals surface area contributed by atoms with Crippen molar-refractivity contribution in [3.63, 3.8) is 0 Å². The number of nitrogens with one attached hydrogen (secondary N) is 1. The molecule has 1 aromatic carbocycles. The topological polar surface area (TPSA) is 86.3 Å². The van der Waals surface area contributed by atoms with Crippen molar-refractivity contribution in [2.75, 3.05) is 0 Å². The molecule has 5 aromatic rings. The van der Waals surface area contributed by atoms with Crippen molar-refractivity contribution in [1.29, 1.82) is 0 Å². The van der Waals surface area contributed by atoms with Crippen LogP contribution in [-0.2, 0) is 13.2 Å². The van der Waals surface area contributed by atoms with E-state index in [1.165, 1.54) is 5.56 Å². The van der Waals surface area contributed by atoms with Gasteiger partial charge in [0.15, 0.2) is 5.82 Å². The molecular weight excluding hydrogens is 416 g/mol. The van der Waals surface area contributed by atoms with Crippen LogP contribution in [0.25, 0.3) is 11.5 Å². The van der Waals surface area contributed by atoms with Crippen LogP contribution in [0.5, 0.6) is 5.75 Å². The second kappa shape index (κ2) is 8.96. The third kappa shape index (κ3) is 4.74. The Labute approximate surface area is 190 Å². The molecule has 0 aliphatic heterocycles. The van der Waals surface area contributed by atoms with E-state index in [1.54, 1.807) is 41.3 Å². The van der Waals surface area contributed by atoms with Gasteiger partial charge in [0.05, 0.1) is 5.69 Å². The number of fused-ring (bicyclic) bond motifs is 1. The van der Waals surface area contributed by atoms with Crippen molar-refractivity contribution in [3.8, 4) is 11.6 Å². The molecule has 1 amide bonds. The summed E-state index contributed by atoms with van der Waals surface area (Å²) in [6, 6.07) is 16.7. The molecule has 4 heterocycles. The molecule has 0 fully saturated rings. The van der Waals surface area contributed by atoms with E-state index in [2.05, 4.69) is 20.4 Å². The number of carbonyl (C=O) groups excluding carboxylic acids is 1. The highest BCUT2D eigenvalue weighted by Gasteiger charge is 2.08. The molecule has 0 atom stereocenters. The predicted molar refractivity (Wildman–Crippen MR) is 123 cm³/mol. The van der Waals surface area contributed by atoms with Crippen LogP contribution in [0, 0.1) is 6.92 Å². The second-order valence-corrected chi connectivity index (χ2v) is 7.68. The van der Waals surface area contributed by atoms with Crippen LogP contribution in [0.4, 0.5) is 0 Å². The zero-order chi connectivity index (χ0) is 22.6. The fourth-order valence-corrected chi connectivity index (χ4v) is 3.43. The maximum Gasteiger partial charge on any atom is 0.251 e. The second-order valence-electron chi connectivity index (χ2n) is 7.68. The van der Waals surface area contributed by atoms with Crippen LogP contribution in [0.3, 0.4) is 0 Å². The van der Waals surface area contributed by atoms with Crippen molar-refractivity contribution in [2.45, 2.75) is 20.1 Å². The van der Waals surface area contributed by atoms with Crippen molar-refractivity contribution in [2.24, 2.45) is 0 Å². The fourth-order valence-electron chi connectivity index (χ4n) is 3.43. The van der Waals surface area contributed by atoms with E-state index in [9.17, 15) is 4.79 Å². The number of aryl methyl sites for hydroxylation is 1. The Morgan fingerprint density at radius 1 is 1.06 bits per heavy atom. The SMILES string of the molecule is Cc1ccc2nc(COc3ccc(C(=O)NCc4ccc(-n5cccn5)nc4)cc3)cn2c1. The lowest BCUT2D eigenvalue weighted by molar-refractivity contribution is 0.0951. The lowest BCUT2D eigenvalue weighted by Gasteiger charge is -2.08. The zero-order valence-electron chi connectivity index (χ0n) is 18.0. The molecule has 5 rings (SSSR count). The largest absolute Gasteiger partial charge is 0.487 e. The highest BCUT2D eigenvalue weighted by atomic mass is 16.5. The third-order valence-corrected chi connectivity index (χ3v) is 5.15. The van der Waals surface area contributed by atoms with E-state index in [4.69, 9.17) is 4.74 Å². The van der Waals surface area contributed by atoms with Crippen molar-refractivity contribution in [1.82, 2.24) is 29.5 Å². The number of nitrogens with zero attached hydrogens (tertiary/aromatic N) is 5. The highest BCUT2D eigenvalue weighted by molar-refractivity contribution is 5.94. The Morgan fingerprint density at radius 3 is 2.70 bits per heavy atom. The minimum Gasteiger partial charge on any atom is -0.487 e. The van der Waals surface area contributed by atoms with Crippen molar-refractivity contribution >= 4 is 11.6 Å². The number of benzene rings is 1. The molecule has 0 aliphatic carbocycles. The summed E-state index contributed by atoms with van der Waals surface area (Å²) >= 11 is 0. The number of hydrogen-bond acceptors (Lipinski definition) is 5. The Balaban J connectivity index is 1.14. The van der Waals surface area contributed by atoms with Crippen LogP contribution >= 0.6 is 0 Å². The van der Waals surface area contributed by atoms with Crippen LogP contribution in [0.1, 0.15) is 27.2 Å². The summed E-state index contributed by atoms with van der Waals surface area (Å²) in [5.41, 5.74) is 4.37. The molecule has 1 N–H and O–H groups in total. The molecule has 33 heavy (non-hydrogen) atoms. The number of pyridine rings is 2. The Kier molecular flexibility index (Phi) is 5.55. The smallest absolute Gasteiger partial charge is 0.251 e. The van der Waals surface area contributed by atoms with Gasteiger partial charge in [-0.1, -0.05) is 12.1 Å². The van der Waals surface area contributed by atoms with Gasteiger partial charge >= 0.3 is 0 Å². The first-order chi connectivity index (χ1) is 16.1. The third-order valence-electron chi connectivity index (χ3n) is 5.15. The number of rotatable bonds is 7. The van der Waals surface area contributed by atoms with Gasteiger partial charge in [-0.05, 0) is 60.5 Å². The van der Waals surface area contributed by atoms with Gasteiger partial charge in [0.1, 0.15) is 18.0 Å². The minimum atomic E-state index is -0.159. The lowest BCUT2D eigenvalue weighted by Crippen LogP contribution is -2.22. The Hall–Kier alpha value is -4.46. The number of hydrogen-bond donors (Lipinski definition) is 1. The van der Waals surface area contributed by atoms with Gasteiger partial charge in [-0.2, -0.15) is 5.10 Å². The molecule has 8 nitrogen and oxygen atoms in total. The number of amides is 1. The maximum absolute atomic E-state index is 12.5. The number of carbonyl (C=O) groups is 1. The molecule has 164 valence electrons. The van der Waals surface area contributed by atoms with E-state index in [0.29, 0.717) is 24.5 Å². The van der Waals surface area contributed by atoms with Gasteiger partial charge in [-0.25, -0.2) is 14.6 Å². The summed E-state index contributed by atoms with van der Waals surface area (Å²) in [6.07, 6.45) is 9.25. The molecule has 0 saturated carbocycles. The summed E-state index contributed by atoms with van der Waals surface area (Å²) in [5, 5.41) is 7.06. The average Bonchev–Trinajstić information content (AvgIpc) is 3.52. The molecule has 8 heteroatoms. The molecule has 0 bridgehead atoms. The predicted octanol–water partition coefficient (Wildman–Crippen LogP) is 3.73. The summed E-state index contributed by atoms with van der Waals surface area (Å²) < 4.78 is 9.51. The van der Waals surface area contributed by atoms with Gasteiger partial charge in [-0.15, -0.1) is 0 Å². The first kappa shape index (κ1) is 20.4. The Morgan fingerprint density at radius 2 is 1.94 bits per heavy atom. The van der Waals surface area contributed by atoms with Crippen LogP contribution in [0.2, 0.25) is 0 Å². The van der Waals surface area contributed by atoms with Gasteiger partial charge in [0.2, 0.25) is 0 Å². The van der Waals surface area contributed by atoms with Gasteiger partial charge < -0.3 is 14.5 Å². The van der Waals surface area contributed by atoms with Crippen molar-refractivity contribution in [3.05, 3.63) is 108 Å². The number of aromatic nitrogens is 5. The summed E-state index contributed by atoms with van der Waals surface area (Å²) in [6.45, 7) is 2.79. The van der Waals surface area contributed by atoms with E-state index >= 15 is 0 Å². The highest BCUT2D eigenvalue weighted by Crippen LogP contribution is 2.15. The standard InChI is InChI=1S/C25H22N6O2/c1-18-3-9-24-29-21(16-30(24)15-18)17-33-22-7-5-20(6-8-22)25(32)27-14-19-4-10-23(26-13-19)31-12-2-11-28-31/h2-13,15-16H,14,17H2,1H3,(H,27,32). The van der Waals surface area contributed by atoms with E-state index in [-0.39, 0.29) is 5.91 Å². The normalized spacial score (nSPS) is 10.9. The van der Waals surface area contributed by atoms with Gasteiger partial charge in [0, 0.05) is 43.1 Å². The number of ether oxygens (including phenoxy) is 1.